The summed E-state index contributed by atoms with van der Waals surface area (Å²) in [5.74, 6) is -2.50. The summed E-state index contributed by atoms with van der Waals surface area (Å²) in [6.45, 7) is 0. The third-order valence-corrected chi connectivity index (χ3v) is 3.23. The summed E-state index contributed by atoms with van der Waals surface area (Å²) in [6, 6.07) is 2.90. The second-order valence-corrected chi connectivity index (χ2v) is 4.61. The molecule has 1 atom stereocenters. The Bertz CT molecular complexity index is 502. The number of rotatable bonds is 4. The van der Waals surface area contributed by atoms with Crippen molar-refractivity contribution >= 4 is 23.5 Å². The molecule has 6 heteroatoms. The van der Waals surface area contributed by atoms with Crippen LogP contribution in [0.1, 0.15) is 23.2 Å². The maximum absolute atomic E-state index is 13.2. The number of carboxylic acids is 1. The Morgan fingerprint density at radius 1 is 1.44 bits per heavy atom. The Labute approximate surface area is 108 Å². The maximum atomic E-state index is 13.2. The van der Waals surface area contributed by atoms with Gasteiger partial charge in [-0.05, 0) is 30.9 Å². The van der Waals surface area contributed by atoms with Crippen LogP contribution in [0.25, 0.3) is 0 Å². The van der Waals surface area contributed by atoms with Crippen LogP contribution in [0.5, 0.6) is 0 Å². The second kappa shape index (κ2) is 4.94. The van der Waals surface area contributed by atoms with E-state index in [2.05, 4.69) is 5.32 Å². The molecule has 1 fully saturated rings. The van der Waals surface area contributed by atoms with E-state index in [1.807, 2.05) is 0 Å². The number of carbonyl (C=O) groups is 2. The Hall–Kier alpha value is -1.62. The van der Waals surface area contributed by atoms with Crippen molar-refractivity contribution < 1.29 is 19.1 Å². The summed E-state index contributed by atoms with van der Waals surface area (Å²) < 4.78 is 13.2. The predicted octanol–water partition coefficient (Wildman–Crippen LogP) is 2.07. The predicted molar refractivity (Wildman–Crippen MR) is 63.0 cm³/mol. The zero-order valence-electron chi connectivity index (χ0n) is 9.32. The number of hydrogen-bond acceptors (Lipinski definition) is 2. The van der Waals surface area contributed by atoms with E-state index < -0.39 is 23.7 Å². The molecule has 0 radical (unpaired) electrons. The Morgan fingerprint density at radius 2 is 2.11 bits per heavy atom. The first-order valence-corrected chi connectivity index (χ1v) is 5.86. The highest BCUT2D eigenvalue weighted by Crippen LogP contribution is 2.33. The van der Waals surface area contributed by atoms with Gasteiger partial charge >= 0.3 is 5.97 Å². The summed E-state index contributed by atoms with van der Waals surface area (Å²) in [5, 5.41) is 11.1. The minimum Gasteiger partial charge on any atom is -0.480 e. The lowest BCUT2D eigenvalue weighted by atomic mass is 10.1. The molecule has 2 rings (SSSR count). The van der Waals surface area contributed by atoms with E-state index in [1.54, 1.807) is 0 Å². The maximum Gasteiger partial charge on any atom is 0.326 e. The van der Waals surface area contributed by atoms with Crippen LogP contribution in [0, 0.1) is 11.7 Å². The van der Waals surface area contributed by atoms with Crippen LogP contribution in [-0.2, 0) is 4.79 Å². The topological polar surface area (TPSA) is 66.4 Å². The SMILES string of the molecule is O=C(NC(C(=O)O)C1CC1)c1cccc(F)c1Cl. The molecule has 4 nitrogen and oxygen atoms in total. The molecule has 0 aromatic heterocycles. The van der Waals surface area contributed by atoms with Gasteiger partial charge in [0.25, 0.3) is 5.91 Å². The fraction of sp³-hybridized carbons (Fsp3) is 0.333. The van der Waals surface area contributed by atoms with Crippen LogP contribution in [0.3, 0.4) is 0 Å². The average Bonchev–Trinajstić information content (AvgIpc) is 3.13. The standard InChI is InChI=1S/C12H11ClFNO3/c13-9-7(2-1-3-8(9)14)11(16)15-10(12(17)18)6-4-5-6/h1-3,6,10H,4-5H2,(H,15,16)(H,17,18). The first-order chi connectivity index (χ1) is 8.50. The van der Waals surface area contributed by atoms with Gasteiger partial charge in [-0.25, -0.2) is 9.18 Å². The largest absolute Gasteiger partial charge is 0.480 e. The van der Waals surface area contributed by atoms with Gasteiger partial charge < -0.3 is 10.4 Å². The zero-order valence-corrected chi connectivity index (χ0v) is 10.1. The molecule has 1 aliphatic rings. The highest BCUT2D eigenvalue weighted by Gasteiger charge is 2.37. The summed E-state index contributed by atoms with van der Waals surface area (Å²) in [5.41, 5.74) is -0.0523. The molecule has 0 bridgehead atoms. The van der Waals surface area contributed by atoms with Gasteiger partial charge in [-0.2, -0.15) is 0 Å². The van der Waals surface area contributed by atoms with E-state index in [9.17, 15) is 14.0 Å². The van der Waals surface area contributed by atoms with Crippen molar-refractivity contribution in [2.75, 3.05) is 0 Å². The van der Waals surface area contributed by atoms with Gasteiger partial charge in [0.2, 0.25) is 0 Å². The molecule has 96 valence electrons. The van der Waals surface area contributed by atoms with Gasteiger partial charge in [0.15, 0.2) is 0 Å². The molecule has 0 spiro atoms. The minimum absolute atomic E-state index is 0.0428. The number of carbonyl (C=O) groups excluding carboxylic acids is 1. The van der Waals surface area contributed by atoms with Crippen LogP contribution >= 0.6 is 11.6 Å². The van der Waals surface area contributed by atoms with E-state index in [0.717, 1.165) is 18.9 Å². The fourth-order valence-electron chi connectivity index (χ4n) is 1.71. The first-order valence-electron chi connectivity index (χ1n) is 5.48. The van der Waals surface area contributed by atoms with Crippen molar-refractivity contribution in [3.05, 3.63) is 34.6 Å². The summed E-state index contributed by atoms with van der Waals surface area (Å²) in [4.78, 5) is 22.8. The number of nitrogens with one attached hydrogen (secondary N) is 1. The van der Waals surface area contributed by atoms with E-state index in [4.69, 9.17) is 16.7 Å². The number of halogens is 2. The summed E-state index contributed by atoms with van der Waals surface area (Å²) in [7, 11) is 0. The van der Waals surface area contributed by atoms with Crippen molar-refractivity contribution in [2.45, 2.75) is 18.9 Å². The number of aliphatic carboxylic acids is 1. The summed E-state index contributed by atoms with van der Waals surface area (Å²) >= 11 is 5.66. The monoisotopic (exact) mass is 271 g/mol. The van der Waals surface area contributed by atoms with Crippen molar-refractivity contribution in [1.29, 1.82) is 0 Å². The van der Waals surface area contributed by atoms with E-state index in [0.29, 0.717) is 0 Å². The third-order valence-electron chi connectivity index (χ3n) is 2.84. The molecule has 18 heavy (non-hydrogen) atoms. The van der Waals surface area contributed by atoms with Crippen molar-refractivity contribution in [1.82, 2.24) is 5.32 Å². The van der Waals surface area contributed by atoms with Gasteiger partial charge in [-0.1, -0.05) is 17.7 Å². The second-order valence-electron chi connectivity index (χ2n) is 4.23. The lowest BCUT2D eigenvalue weighted by Gasteiger charge is -2.14. The quantitative estimate of drug-likeness (QED) is 0.881. The third kappa shape index (κ3) is 2.61. The molecule has 2 N–H and O–H groups in total. The molecule has 0 saturated heterocycles. The molecule has 1 saturated carbocycles. The molecule has 0 heterocycles. The number of amides is 1. The number of hydrogen-bond donors (Lipinski definition) is 2. The van der Waals surface area contributed by atoms with Gasteiger partial charge in [-0.3, -0.25) is 4.79 Å². The summed E-state index contributed by atoms with van der Waals surface area (Å²) in [6.07, 6.45) is 1.54. The Morgan fingerprint density at radius 3 is 2.67 bits per heavy atom. The molecule has 1 amide bonds. The number of carboxylic acid groups (broad SMARTS) is 1. The zero-order chi connectivity index (χ0) is 13.3. The Balaban J connectivity index is 2.16. The average molecular weight is 272 g/mol. The lowest BCUT2D eigenvalue weighted by molar-refractivity contribution is -0.139. The van der Waals surface area contributed by atoms with Crippen molar-refractivity contribution in [3.63, 3.8) is 0 Å². The van der Waals surface area contributed by atoms with Crippen LogP contribution in [0.15, 0.2) is 18.2 Å². The highest BCUT2D eigenvalue weighted by molar-refractivity contribution is 6.34. The Kier molecular flexibility index (Phi) is 3.52. The first kappa shape index (κ1) is 12.8. The molecular weight excluding hydrogens is 261 g/mol. The fourth-order valence-corrected chi connectivity index (χ4v) is 1.92. The van der Waals surface area contributed by atoms with Gasteiger partial charge in [-0.15, -0.1) is 0 Å². The highest BCUT2D eigenvalue weighted by atomic mass is 35.5. The molecular formula is C12H11ClFNO3. The molecule has 1 unspecified atom stereocenters. The van der Waals surface area contributed by atoms with Crippen LogP contribution in [-0.4, -0.2) is 23.0 Å². The number of benzene rings is 1. The van der Waals surface area contributed by atoms with Gasteiger partial charge in [0.05, 0.1) is 10.6 Å². The smallest absolute Gasteiger partial charge is 0.326 e. The van der Waals surface area contributed by atoms with E-state index in [1.165, 1.54) is 12.1 Å². The van der Waals surface area contributed by atoms with Crippen LogP contribution in [0.2, 0.25) is 5.02 Å². The van der Waals surface area contributed by atoms with Crippen LogP contribution in [0.4, 0.5) is 4.39 Å². The van der Waals surface area contributed by atoms with Crippen molar-refractivity contribution in [3.8, 4) is 0 Å². The van der Waals surface area contributed by atoms with Gasteiger partial charge in [0, 0.05) is 0 Å². The molecule has 1 aliphatic carbocycles. The van der Waals surface area contributed by atoms with Gasteiger partial charge in [0.1, 0.15) is 11.9 Å². The molecule has 1 aromatic rings. The molecule has 0 aliphatic heterocycles. The van der Waals surface area contributed by atoms with Crippen LogP contribution < -0.4 is 5.32 Å². The van der Waals surface area contributed by atoms with E-state index in [-0.39, 0.29) is 16.5 Å². The normalized spacial score (nSPS) is 16.1. The molecule has 1 aromatic carbocycles. The van der Waals surface area contributed by atoms with Crippen molar-refractivity contribution in [2.24, 2.45) is 5.92 Å². The van der Waals surface area contributed by atoms with E-state index >= 15 is 0 Å². The minimum atomic E-state index is -1.08. The lowest BCUT2D eigenvalue weighted by Crippen LogP contribution is -2.42.